The third kappa shape index (κ3) is 8.17. The quantitative estimate of drug-likeness (QED) is 0.139. The minimum Gasteiger partial charge on any atom is -0.491 e. The van der Waals surface area contributed by atoms with Crippen LogP contribution in [0.2, 0.25) is 0 Å². The predicted octanol–water partition coefficient (Wildman–Crippen LogP) is 4.33. The Morgan fingerprint density at radius 3 is 1.29 bits per heavy atom. The number of carbonyl (C=O) groups is 2. The number of hydrogen-bond donors (Lipinski definition) is 4. The average molecular weight is 570 g/mol. The van der Waals surface area contributed by atoms with E-state index in [4.69, 9.17) is 24.5 Å². The first-order valence-corrected chi connectivity index (χ1v) is 13.1. The van der Waals surface area contributed by atoms with Crippen LogP contribution in [0.5, 0.6) is 11.5 Å². The Bertz CT molecular complexity index is 1370. The molecule has 0 radical (unpaired) electrons. The van der Waals surface area contributed by atoms with Gasteiger partial charge in [-0.25, -0.2) is 0 Å². The Kier molecular flexibility index (Phi) is 10.6. The molecule has 0 atom stereocenters. The Morgan fingerprint density at radius 2 is 0.952 bits per heavy atom. The Balaban J connectivity index is 1.38. The number of hydrogen-bond acceptors (Lipinski definition) is 8. The minimum absolute atomic E-state index is 0.0844. The van der Waals surface area contributed by atoms with E-state index in [-0.39, 0.29) is 38.2 Å². The molecule has 4 N–H and O–H groups in total. The molecule has 0 bridgehead atoms. The topological polar surface area (TPSA) is 139 Å². The van der Waals surface area contributed by atoms with Gasteiger partial charge in [-0.05, 0) is 72.8 Å². The highest BCUT2D eigenvalue weighted by atomic mass is 16.6. The number of aliphatic hydroxyl groups excluding tert-OH is 2. The van der Waals surface area contributed by atoms with E-state index in [0.717, 1.165) is 11.1 Å². The number of nitrogens with zero attached hydrogens (tertiary/aromatic N) is 1. The van der Waals surface area contributed by atoms with Gasteiger partial charge in [0.05, 0.1) is 13.2 Å². The normalized spacial score (nSPS) is 10.4. The number of anilines is 2. The largest absolute Gasteiger partial charge is 0.491 e. The van der Waals surface area contributed by atoms with Gasteiger partial charge in [-0.1, -0.05) is 29.4 Å². The van der Waals surface area contributed by atoms with Crippen LogP contribution in [0.1, 0.15) is 31.8 Å². The van der Waals surface area contributed by atoms with E-state index in [1.54, 1.807) is 72.8 Å². The number of carbonyl (C=O) groups excluding carboxylic acids is 2. The molecule has 0 aliphatic rings. The molecule has 0 aromatic heterocycles. The fourth-order valence-corrected chi connectivity index (χ4v) is 3.92. The summed E-state index contributed by atoms with van der Waals surface area (Å²) in [4.78, 5) is 30.4. The van der Waals surface area contributed by atoms with Gasteiger partial charge in [0, 0.05) is 33.6 Å². The van der Waals surface area contributed by atoms with Crippen LogP contribution in [0.4, 0.5) is 11.4 Å². The molecule has 0 heterocycles. The summed E-state index contributed by atoms with van der Waals surface area (Å²) in [5.74, 6) is 0.597. The smallest absolute Gasteiger partial charge is 0.255 e. The number of aliphatic hydroxyl groups is 2. The zero-order chi connectivity index (χ0) is 29.7. The molecule has 0 saturated heterocycles. The first-order valence-electron chi connectivity index (χ1n) is 13.1. The van der Waals surface area contributed by atoms with Crippen molar-refractivity contribution in [2.45, 2.75) is 0 Å². The summed E-state index contributed by atoms with van der Waals surface area (Å²) < 4.78 is 10.6. The number of oxime groups is 1. The lowest BCUT2D eigenvalue weighted by atomic mass is 10.0. The van der Waals surface area contributed by atoms with Gasteiger partial charge in [0.25, 0.3) is 11.8 Å². The number of rotatable bonds is 13. The van der Waals surface area contributed by atoms with Crippen molar-refractivity contribution < 1.29 is 34.1 Å². The van der Waals surface area contributed by atoms with Crippen LogP contribution >= 0.6 is 0 Å². The third-order valence-corrected chi connectivity index (χ3v) is 5.97. The van der Waals surface area contributed by atoms with Crippen molar-refractivity contribution >= 4 is 28.9 Å². The molecular weight excluding hydrogens is 538 g/mol. The van der Waals surface area contributed by atoms with Crippen LogP contribution in [-0.4, -0.2) is 61.3 Å². The summed E-state index contributed by atoms with van der Waals surface area (Å²) in [5, 5.41) is 27.6. The van der Waals surface area contributed by atoms with Gasteiger partial charge >= 0.3 is 0 Å². The second-order valence-corrected chi connectivity index (χ2v) is 8.88. The van der Waals surface area contributed by atoms with Gasteiger partial charge in [-0.2, -0.15) is 0 Å². The molecule has 216 valence electrons. The maximum Gasteiger partial charge on any atom is 0.255 e. The van der Waals surface area contributed by atoms with E-state index >= 15 is 0 Å². The van der Waals surface area contributed by atoms with Gasteiger partial charge in [0.2, 0.25) is 0 Å². The zero-order valence-electron chi connectivity index (χ0n) is 22.9. The van der Waals surface area contributed by atoms with Crippen LogP contribution in [0.25, 0.3) is 0 Å². The predicted molar refractivity (Wildman–Crippen MR) is 159 cm³/mol. The van der Waals surface area contributed by atoms with Gasteiger partial charge in [0.1, 0.15) is 37.5 Å². The van der Waals surface area contributed by atoms with Crippen molar-refractivity contribution in [3.8, 4) is 11.5 Å². The molecule has 0 unspecified atom stereocenters. The zero-order valence-corrected chi connectivity index (χ0v) is 22.9. The maximum atomic E-state index is 12.7. The van der Waals surface area contributed by atoms with Crippen molar-refractivity contribution in [2.75, 3.05) is 44.2 Å². The highest BCUT2D eigenvalue weighted by Crippen LogP contribution is 2.20. The summed E-state index contributed by atoms with van der Waals surface area (Å²) in [6.07, 6.45) is 0. The van der Waals surface area contributed by atoms with E-state index in [1.807, 2.05) is 24.3 Å². The van der Waals surface area contributed by atoms with Gasteiger partial charge in [-0.3, -0.25) is 9.59 Å². The van der Waals surface area contributed by atoms with Crippen LogP contribution in [0.15, 0.2) is 102 Å². The first kappa shape index (κ1) is 29.8. The van der Waals surface area contributed by atoms with E-state index in [2.05, 4.69) is 15.8 Å². The van der Waals surface area contributed by atoms with Crippen LogP contribution in [-0.2, 0) is 4.84 Å². The molecule has 10 nitrogen and oxygen atoms in total. The van der Waals surface area contributed by atoms with E-state index in [9.17, 15) is 9.59 Å². The highest BCUT2D eigenvalue weighted by molar-refractivity contribution is 6.13. The SMILES string of the molecule is CON=C(c1ccc(NC(=O)c2ccc(OCCO)cc2)cc1)c1ccc(NC(=O)c2ccc(OCCO)cc2)cc1. The lowest BCUT2D eigenvalue weighted by Crippen LogP contribution is -2.13. The molecule has 0 fully saturated rings. The number of nitrogens with one attached hydrogen (secondary N) is 2. The van der Waals surface area contributed by atoms with Crippen LogP contribution in [0.3, 0.4) is 0 Å². The third-order valence-electron chi connectivity index (χ3n) is 5.97. The molecule has 0 aliphatic heterocycles. The lowest BCUT2D eigenvalue weighted by molar-refractivity contribution is 0.101. The van der Waals surface area contributed by atoms with E-state index < -0.39 is 0 Å². The molecule has 0 saturated carbocycles. The standard InChI is InChI=1S/C32H31N3O7/c1-40-35-30(22-2-10-26(11-3-22)33-31(38)24-6-14-28(15-7-24)41-20-18-36)23-4-12-27(13-5-23)34-32(39)25-8-16-29(17-9-25)42-21-19-37/h2-17,36-37H,18-21H2,1H3,(H,33,38)(H,34,39). The molecule has 0 spiro atoms. The second-order valence-electron chi connectivity index (χ2n) is 8.88. The van der Waals surface area contributed by atoms with Crippen molar-refractivity contribution in [3.63, 3.8) is 0 Å². The van der Waals surface area contributed by atoms with Crippen LogP contribution < -0.4 is 20.1 Å². The van der Waals surface area contributed by atoms with Gasteiger partial charge in [0.15, 0.2) is 0 Å². The number of benzene rings is 4. The molecule has 4 aromatic rings. The second kappa shape index (κ2) is 15.0. The Morgan fingerprint density at radius 1 is 0.595 bits per heavy atom. The van der Waals surface area contributed by atoms with Crippen molar-refractivity contribution in [1.29, 1.82) is 0 Å². The number of amides is 2. The summed E-state index contributed by atoms with van der Waals surface area (Å²) in [5.41, 5.74) is 4.24. The van der Waals surface area contributed by atoms with Crippen molar-refractivity contribution in [2.24, 2.45) is 5.16 Å². The lowest BCUT2D eigenvalue weighted by Gasteiger charge is -2.11. The van der Waals surface area contributed by atoms with E-state index in [0.29, 0.717) is 39.7 Å². The molecule has 2 amide bonds. The summed E-state index contributed by atoms with van der Waals surface area (Å²) in [6.45, 7) is 0.204. The van der Waals surface area contributed by atoms with Crippen molar-refractivity contribution in [1.82, 2.24) is 0 Å². The Labute approximate surface area is 243 Å². The molecular formula is C32H31N3O7. The first-order chi connectivity index (χ1) is 20.5. The van der Waals surface area contributed by atoms with Gasteiger partial charge in [-0.15, -0.1) is 0 Å². The molecule has 0 aliphatic carbocycles. The fourth-order valence-electron chi connectivity index (χ4n) is 3.92. The summed E-state index contributed by atoms with van der Waals surface area (Å²) in [7, 11) is 1.46. The molecule has 10 heteroatoms. The van der Waals surface area contributed by atoms with Crippen LogP contribution in [0, 0.1) is 0 Å². The molecule has 42 heavy (non-hydrogen) atoms. The van der Waals surface area contributed by atoms with E-state index in [1.165, 1.54) is 7.11 Å². The maximum absolute atomic E-state index is 12.7. The van der Waals surface area contributed by atoms with Crippen molar-refractivity contribution in [3.05, 3.63) is 119 Å². The highest BCUT2D eigenvalue weighted by Gasteiger charge is 2.12. The minimum atomic E-state index is -0.272. The number of ether oxygens (including phenoxy) is 2. The summed E-state index contributed by atoms with van der Waals surface area (Å²) in [6, 6.07) is 27.7. The van der Waals surface area contributed by atoms with Gasteiger partial charge < -0.3 is 35.2 Å². The molecule has 4 rings (SSSR count). The fraction of sp³-hybridized carbons (Fsp3) is 0.156. The average Bonchev–Trinajstić information content (AvgIpc) is 3.03. The summed E-state index contributed by atoms with van der Waals surface area (Å²) >= 11 is 0. The Hall–Kier alpha value is -5.19. The monoisotopic (exact) mass is 569 g/mol. The molecule has 4 aromatic carbocycles.